The molecule has 0 spiro atoms. The number of hydrogen-bond donors (Lipinski definition) is 1. The molecule has 0 saturated carbocycles. The van der Waals surface area contributed by atoms with Gasteiger partial charge >= 0.3 is 12.1 Å². The van der Waals surface area contributed by atoms with Crippen LogP contribution in [0.4, 0.5) is 13.2 Å². The molecule has 1 saturated heterocycles. The van der Waals surface area contributed by atoms with E-state index in [0.717, 1.165) is 30.7 Å². The van der Waals surface area contributed by atoms with E-state index in [2.05, 4.69) is 4.98 Å². The minimum atomic E-state index is -4.44. The van der Waals surface area contributed by atoms with Crippen molar-refractivity contribution in [1.82, 2.24) is 9.88 Å². The van der Waals surface area contributed by atoms with Crippen LogP contribution < -0.4 is 0 Å². The zero-order valence-electron chi connectivity index (χ0n) is 14.7. The molecular formula is C20H21F3N2O2. The lowest BCUT2D eigenvalue weighted by atomic mass is 9.92. The zero-order valence-corrected chi connectivity index (χ0v) is 14.7. The molecule has 27 heavy (non-hydrogen) atoms. The first kappa shape index (κ1) is 19.4. The fourth-order valence-corrected chi connectivity index (χ4v) is 3.66. The van der Waals surface area contributed by atoms with Crippen LogP contribution in [0.3, 0.4) is 0 Å². The largest absolute Gasteiger partial charge is 0.480 e. The van der Waals surface area contributed by atoms with E-state index >= 15 is 0 Å². The quantitative estimate of drug-likeness (QED) is 0.842. The predicted molar refractivity (Wildman–Crippen MR) is 94.1 cm³/mol. The lowest BCUT2D eigenvalue weighted by Crippen LogP contribution is -2.47. The summed E-state index contributed by atoms with van der Waals surface area (Å²) in [7, 11) is 0. The van der Waals surface area contributed by atoms with E-state index in [1.165, 1.54) is 6.07 Å². The summed E-state index contributed by atoms with van der Waals surface area (Å²) >= 11 is 0. The van der Waals surface area contributed by atoms with Crippen molar-refractivity contribution in [3.63, 3.8) is 0 Å². The number of aromatic nitrogens is 1. The Morgan fingerprint density at radius 3 is 2.70 bits per heavy atom. The van der Waals surface area contributed by atoms with E-state index in [-0.39, 0.29) is 0 Å². The second-order valence-electron chi connectivity index (χ2n) is 6.75. The van der Waals surface area contributed by atoms with Crippen LogP contribution in [0.15, 0.2) is 48.7 Å². The van der Waals surface area contributed by atoms with Gasteiger partial charge in [0.1, 0.15) is 6.04 Å². The lowest BCUT2D eigenvalue weighted by molar-refractivity contribution is -0.146. The van der Waals surface area contributed by atoms with Gasteiger partial charge in [0.25, 0.3) is 0 Å². The second kappa shape index (κ2) is 8.08. The number of aliphatic carboxylic acids is 1. The van der Waals surface area contributed by atoms with Crippen molar-refractivity contribution in [3.05, 3.63) is 65.5 Å². The molecular weight excluding hydrogens is 357 g/mol. The number of carboxylic acid groups (broad SMARTS) is 1. The third kappa shape index (κ3) is 4.66. The van der Waals surface area contributed by atoms with Crippen molar-refractivity contribution in [3.8, 4) is 0 Å². The Kier molecular flexibility index (Phi) is 5.79. The fraction of sp³-hybridized carbons (Fsp3) is 0.400. The van der Waals surface area contributed by atoms with Crippen LogP contribution in [0.25, 0.3) is 0 Å². The number of halogens is 3. The summed E-state index contributed by atoms with van der Waals surface area (Å²) in [6.45, 7) is 0.532. The molecule has 7 heteroatoms. The summed E-state index contributed by atoms with van der Waals surface area (Å²) in [6.07, 6.45) is -0.351. The Morgan fingerprint density at radius 1 is 1.22 bits per heavy atom. The minimum Gasteiger partial charge on any atom is -0.480 e. The van der Waals surface area contributed by atoms with Crippen LogP contribution in [-0.2, 0) is 17.4 Å². The average Bonchev–Trinajstić information content (AvgIpc) is 2.66. The molecule has 1 fully saturated rings. The van der Waals surface area contributed by atoms with E-state index in [4.69, 9.17) is 0 Å². The fourth-order valence-electron chi connectivity index (χ4n) is 3.66. The molecule has 3 rings (SSSR count). The number of carbonyl (C=O) groups is 1. The highest BCUT2D eigenvalue weighted by Gasteiger charge is 2.36. The van der Waals surface area contributed by atoms with E-state index in [1.807, 2.05) is 11.0 Å². The highest BCUT2D eigenvalue weighted by atomic mass is 19.4. The maximum Gasteiger partial charge on any atom is 0.416 e. The second-order valence-corrected chi connectivity index (χ2v) is 6.75. The molecule has 1 aromatic heterocycles. The van der Waals surface area contributed by atoms with Gasteiger partial charge in [-0.1, -0.05) is 24.6 Å². The van der Waals surface area contributed by atoms with Gasteiger partial charge in [0.05, 0.1) is 5.56 Å². The number of piperidine rings is 1. The molecule has 2 aromatic rings. The van der Waals surface area contributed by atoms with Gasteiger partial charge in [-0.2, -0.15) is 13.2 Å². The summed E-state index contributed by atoms with van der Waals surface area (Å²) in [6, 6.07) is 9.37. The Labute approximate surface area is 155 Å². The maximum absolute atomic E-state index is 13.2. The minimum absolute atomic E-state index is 0.353. The number of hydrogen-bond acceptors (Lipinski definition) is 3. The molecule has 0 bridgehead atoms. The first-order chi connectivity index (χ1) is 12.9. The van der Waals surface area contributed by atoms with Gasteiger partial charge in [-0.3, -0.25) is 14.7 Å². The number of pyridine rings is 1. The van der Waals surface area contributed by atoms with Crippen LogP contribution in [-0.4, -0.2) is 33.5 Å². The Hall–Kier alpha value is -2.41. The predicted octanol–water partition coefficient (Wildman–Crippen LogP) is 4.32. The first-order valence-corrected chi connectivity index (χ1v) is 8.92. The SMILES string of the molecule is O=C(O)C1CCCCN1C(Cc1ccccn1)c1cccc(C(F)(F)F)c1. The monoisotopic (exact) mass is 378 g/mol. The molecule has 1 aliphatic heterocycles. The van der Waals surface area contributed by atoms with Crippen molar-refractivity contribution in [1.29, 1.82) is 0 Å². The summed E-state index contributed by atoms with van der Waals surface area (Å²) in [5.74, 6) is -0.937. The molecule has 0 amide bonds. The Bertz CT molecular complexity index is 780. The highest BCUT2D eigenvalue weighted by Crippen LogP contribution is 2.35. The number of nitrogens with zero attached hydrogens (tertiary/aromatic N) is 2. The maximum atomic E-state index is 13.2. The van der Waals surface area contributed by atoms with E-state index in [1.54, 1.807) is 24.4 Å². The van der Waals surface area contributed by atoms with Gasteiger partial charge in [0.15, 0.2) is 0 Å². The summed E-state index contributed by atoms with van der Waals surface area (Å²) in [5.41, 5.74) is 0.452. The van der Waals surface area contributed by atoms with Crippen LogP contribution in [0.1, 0.15) is 42.1 Å². The number of alkyl halides is 3. The van der Waals surface area contributed by atoms with E-state index in [9.17, 15) is 23.1 Å². The van der Waals surface area contributed by atoms with Gasteiger partial charge in [0, 0.05) is 24.4 Å². The third-order valence-corrected chi connectivity index (χ3v) is 4.96. The Balaban J connectivity index is 2.00. The molecule has 0 radical (unpaired) electrons. The van der Waals surface area contributed by atoms with Crippen LogP contribution in [0.5, 0.6) is 0 Å². The summed E-state index contributed by atoms with van der Waals surface area (Å²) in [5, 5.41) is 9.62. The zero-order chi connectivity index (χ0) is 19.4. The van der Waals surface area contributed by atoms with Crippen molar-refractivity contribution in [2.24, 2.45) is 0 Å². The van der Waals surface area contributed by atoms with E-state index < -0.39 is 29.8 Å². The van der Waals surface area contributed by atoms with Crippen molar-refractivity contribution in [2.75, 3.05) is 6.54 Å². The molecule has 2 atom stereocenters. The van der Waals surface area contributed by atoms with Crippen molar-refractivity contribution < 1.29 is 23.1 Å². The van der Waals surface area contributed by atoms with Gasteiger partial charge in [0.2, 0.25) is 0 Å². The van der Waals surface area contributed by atoms with E-state index in [0.29, 0.717) is 24.9 Å². The van der Waals surface area contributed by atoms with Gasteiger partial charge in [-0.25, -0.2) is 0 Å². The molecule has 1 N–H and O–H groups in total. The van der Waals surface area contributed by atoms with Crippen LogP contribution in [0, 0.1) is 0 Å². The standard InChI is InChI=1S/C20H21F3N2O2/c21-20(22,23)15-7-5-6-14(12-15)18(13-16-8-1-3-10-24-16)25-11-4-2-9-17(25)19(26)27/h1,3,5-8,10,12,17-18H,2,4,9,11,13H2,(H,26,27). The average molecular weight is 378 g/mol. The molecule has 1 aromatic carbocycles. The molecule has 0 aliphatic carbocycles. The highest BCUT2D eigenvalue weighted by molar-refractivity contribution is 5.73. The van der Waals surface area contributed by atoms with Gasteiger partial charge in [-0.15, -0.1) is 0 Å². The Morgan fingerprint density at radius 2 is 2.04 bits per heavy atom. The third-order valence-electron chi connectivity index (χ3n) is 4.96. The lowest BCUT2D eigenvalue weighted by Gasteiger charge is -2.39. The van der Waals surface area contributed by atoms with Crippen molar-refractivity contribution >= 4 is 5.97 Å². The molecule has 4 nitrogen and oxygen atoms in total. The van der Waals surface area contributed by atoms with Crippen molar-refractivity contribution in [2.45, 2.75) is 43.9 Å². The van der Waals surface area contributed by atoms with Crippen LogP contribution >= 0.6 is 0 Å². The molecule has 144 valence electrons. The number of likely N-dealkylation sites (tertiary alicyclic amines) is 1. The van der Waals surface area contributed by atoms with Gasteiger partial charge in [-0.05, 0) is 49.2 Å². The smallest absolute Gasteiger partial charge is 0.416 e. The summed E-state index contributed by atoms with van der Waals surface area (Å²) < 4.78 is 39.6. The molecule has 2 unspecified atom stereocenters. The molecule has 1 aliphatic rings. The number of carboxylic acids is 1. The molecule has 2 heterocycles. The normalized spacial score (nSPS) is 19.6. The number of rotatable bonds is 5. The van der Waals surface area contributed by atoms with Crippen LogP contribution in [0.2, 0.25) is 0 Å². The van der Waals surface area contributed by atoms with Gasteiger partial charge < -0.3 is 5.11 Å². The topological polar surface area (TPSA) is 53.4 Å². The number of benzene rings is 1. The first-order valence-electron chi connectivity index (χ1n) is 8.92. The summed E-state index contributed by atoms with van der Waals surface area (Å²) in [4.78, 5) is 17.8.